The molecule has 2 heterocycles. The van der Waals surface area contributed by atoms with E-state index in [2.05, 4.69) is 20.9 Å². The molecule has 0 atom stereocenters. The van der Waals surface area contributed by atoms with Crippen LogP contribution in [0.5, 0.6) is 0 Å². The largest absolute Gasteiger partial charge is 0.383 e. The Kier molecular flexibility index (Phi) is 3.20. The summed E-state index contributed by atoms with van der Waals surface area (Å²) in [6.07, 6.45) is 0.526. The van der Waals surface area contributed by atoms with Gasteiger partial charge in [-0.2, -0.15) is 0 Å². The molecule has 0 radical (unpaired) electrons. The zero-order valence-electron chi connectivity index (χ0n) is 9.73. The summed E-state index contributed by atoms with van der Waals surface area (Å²) in [5.41, 5.74) is 7.65. The number of hydrogen-bond acceptors (Lipinski definition) is 4. The fraction of sp³-hybridized carbons (Fsp3) is 0.308. The third kappa shape index (κ3) is 2.21. The predicted molar refractivity (Wildman–Crippen MR) is 73.1 cm³/mol. The van der Waals surface area contributed by atoms with Gasteiger partial charge in [-0.15, -0.1) is 0 Å². The summed E-state index contributed by atoms with van der Waals surface area (Å²) in [7, 11) is 0. The van der Waals surface area contributed by atoms with Gasteiger partial charge in [-0.3, -0.25) is 0 Å². The molecule has 0 aliphatic carbocycles. The number of pyridine rings is 1. The number of nitrogens with zero attached hydrogens (tertiary/aromatic N) is 1. The first-order chi connectivity index (χ1) is 8.74. The lowest BCUT2D eigenvalue weighted by Gasteiger charge is -2.24. The number of aromatic nitrogens is 1. The van der Waals surface area contributed by atoms with Crippen LogP contribution in [0.2, 0.25) is 0 Å². The van der Waals surface area contributed by atoms with Crippen LogP contribution in [-0.2, 0) is 9.47 Å². The smallest absolute Gasteiger partial charge is 0.187 e. The van der Waals surface area contributed by atoms with Gasteiger partial charge in [-0.05, 0) is 30.7 Å². The molecular formula is C13H13BrN2O2. The Bertz CT molecular complexity index is 582. The minimum atomic E-state index is -0.394. The van der Waals surface area contributed by atoms with Crippen LogP contribution in [0.3, 0.4) is 0 Å². The number of ether oxygens (including phenoxy) is 2. The van der Waals surface area contributed by atoms with Crippen LogP contribution in [0.4, 0.5) is 5.82 Å². The minimum absolute atomic E-state index is 0.394. The number of nitrogens with two attached hydrogens (primary N) is 1. The van der Waals surface area contributed by atoms with Crippen molar-refractivity contribution in [1.29, 1.82) is 0 Å². The Morgan fingerprint density at radius 1 is 1.22 bits per heavy atom. The second-order valence-electron chi connectivity index (χ2n) is 4.23. The second kappa shape index (κ2) is 4.84. The van der Waals surface area contributed by atoms with Gasteiger partial charge in [0.1, 0.15) is 5.82 Å². The molecule has 18 heavy (non-hydrogen) atoms. The highest BCUT2D eigenvalue weighted by Gasteiger charge is 2.20. The van der Waals surface area contributed by atoms with Gasteiger partial charge in [-0.1, -0.05) is 15.9 Å². The van der Waals surface area contributed by atoms with E-state index in [9.17, 15) is 0 Å². The van der Waals surface area contributed by atoms with Crippen molar-refractivity contribution in [2.24, 2.45) is 0 Å². The SMILES string of the molecule is Nc1nc2ccc(Br)cc2cc1C1OCCCO1. The number of halogens is 1. The monoisotopic (exact) mass is 308 g/mol. The standard InChI is InChI=1S/C13H13BrN2O2/c14-9-2-3-11-8(6-9)7-10(12(15)16-11)13-17-4-1-5-18-13/h2-3,6-7,13H,1,4-5H2,(H2,15,16). The molecule has 2 N–H and O–H groups in total. The number of benzene rings is 1. The van der Waals surface area contributed by atoms with Crippen molar-refractivity contribution in [2.75, 3.05) is 18.9 Å². The van der Waals surface area contributed by atoms with Crippen LogP contribution in [0, 0.1) is 0 Å². The van der Waals surface area contributed by atoms with Crippen LogP contribution in [0.25, 0.3) is 10.9 Å². The average Bonchev–Trinajstić information content (AvgIpc) is 2.39. The molecule has 94 valence electrons. The van der Waals surface area contributed by atoms with Crippen LogP contribution >= 0.6 is 15.9 Å². The molecule has 2 aromatic rings. The Morgan fingerprint density at radius 2 is 2.00 bits per heavy atom. The molecule has 0 unspecified atom stereocenters. The van der Waals surface area contributed by atoms with Gasteiger partial charge in [0.15, 0.2) is 6.29 Å². The normalized spacial score (nSPS) is 17.2. The summed E-state index contributed by atoms with van der Waals surface area (Å²) in [6.45, 7) is 1.39. The lowest BCUT2D eigenvalue weighted by atomic mass is 10.1. The van der Waals surface area contributed by atoms with Gasteiger partial charge in [-0.25, -0.2) is 4.98 Å². The second-order valence-corrected chi connectivity index (χ2v) is 5.14. The van der Waals surface area contributed by atoms with E-state index in [4.69, 9.17) is 15.2 Å². The van der Waals surface area contributed by atoms with Crippen molar-refractivity contribution in [2.45, 2.75) is 12.7 Å². The van der Waals surface area contributed by atoms with Crippen molar-refractivity contribution in [3.63, 3.8) is 0 Å². The summed E-state index contributed by atoms with van der Waals surface area (Å²) in [4.78, 5) is 4.39. The molecule has 3 rings (SSSR count). The maximum Gasteiger partial charge on any atom is 0.187 e. The Hall–Kier alpha value is -1.17. The Labute approximate surface area is 113 Å². The van der Waals surface area contributed by atoms with E-state index in [1.807, 2.05) is 24.3 Å². The van der Waals surface area contributed by atoms with Crippen LogP contribution < -0.4 is 5.73 Å². The van der Waals surface area contributed by atoms with E-state index in [-0.39, 0.29) is 0 Å². The van der Waals surface area contributed by atoms with Crippen LogP contribution in [0.15, 0.2) is 28.7 Å². The van der Waals surface area contributed by atoms with Crippen molar-refractivity contribution < 1.29 is 9.47 Å². The van der Waals surface area contributed by atoms with Gasteiger partial charge in [0.05, 0.1) is 24.3 Å². The number of rotatable bonds is 1. The molecule has 1 aromatic heterocycles. The van der Waals surface area contributed by atoms with Crippen LogP contribution in [-0.4, -0.2) is 18.2 Å². The average molecular weight is 309 g/mol. The lowest BCUT2D eigenvalue weighted by molar-refractivity contribution is -0.182. The Morgan fingerprint density at radius 3 is 2.78 bits per heavy atom. The fourth-order valence-electron chi connectivity index (χ4n) is 2.03. The van der Waals surface area contributed by atoms with Gasteiger partial charge in [0.25, 0.3) is 0 Å². The third-order valence-electron chi connectivity index (χ3n) is 2.92. The summed E-state index contributed by atoms with van der Waals surface area (Å²) >= 11 is 3.45. The molecule has 1 aromatic carbocycles. The zero-order valence-corrected chi connectivity index (χ0v) is 11.3. The summed E-state index contributed by atoms with van der Waals surface area (Å²) < 4.78 is 12.2. The Balaban J connectivity index is 2.07. The summed E-state index contributed by atoms with van der Waals surface area (Å²) in [5.74, 6) is 0.469. The number of nitrogen functional groups attached to an aromatic ring is 1. The maximum absolute atomic E-state index is 5.97. The highest BCUT2D eigenvalue weighted by Crippen LogP contribution is 2.30. The molecule has 0 bridgehead atoms. The van der Waals surface area contributed by atoms with E-state index < -0.39 is 6.29 Å². The van der Waals surface area contributed by atoms with E-state index in [1.165, 1.54) is 0 Å². The first-order valence-corrected chi connectivity index (χ1v) is 6.62. The summed E-state index contributed by atoms with van der Waals surface area (Å²) in [6, 6.07) is 7.87. The maximum atomic E-state index is 5.97. The predicted octanol–water partition coefficient (Wildman–Crippen LogP) is 3.02. The van der Waals surface area contributed by atoms with E-state index in [1.54, 1.807) is 0 Å². The molecule has 0 spiro atoms. The molecule has 1 aliphatic rings. The molecular weight excluding hydrogens is 296 g/mol. The van der Waals surface area contributed by atoms with Gasteiger partial charge >= 0.3 is 0 Å². The highest BCUT2D eigenvalue weighted by molar-refractivity contribution is 9.10. The molecule has 0 saturated carbocycles. The third-order valence-corrected chi connectivity index (χ3v) is 3.41. The van der Waals surface area contributed by atoms with Crippen molar-refractivity contribution in [1.82, 2.24) is 4.98 Å². The van der Waals surface area contributed by atoms with E-state index >= 15 is 0 Å². The fourth-order valence-corrected chi connectivity index (χ4v) is 2.41. The molecule has 1 saturated heterocycles. The van der Waals surface area contributed by atoms with Crippen LogP contribution in [0.1, 0.15) is 18.3 Å². The first-order valence-electron chi connectivity index (χ1n) is 5.83. The quantitative estimate of drug-likeness (QED) is 0.880. The van der Waals surface area contributed by atoms with Gasteiger partial charge in [0.2, 0.25) is 0 Å². The summed E-state index contributed by atoms with van der Waals surface area (Å²) in [5, 5.41) is 1.02. The van der Waals surface area contributed by atoms with Gasteiger partial charge < -0.3 is 15.2 Å². The van der Waals surface area contributed by atoms with Crippen molar-refractivity contribution in [3.8, 4) is 0 Å². The minimum Gasteiger partial charge on any atom is -0.383 e. The first kappa shape index (κ1) is 11.9. The zero-order chi connectivity index (χ0) is 12.5. The molecule has 0 amide bonds. The molecule has 1 fully saturated rings. The molecule has 4 nitrogen and oxygen atoms in total. The van der Waals surface area contributed by atoms with Crippen molar-refractivity contribution >= 4 is 32.7 Å². The lowest BCUT2D eigenvalue weighted by Crippen LogP contribution is -2.19. The number of hydrogen-bond donors (Lipinski definition) is 1. The topological polar surface area (TPSA) is 57.4 Å². The number of fused-ring (bicyclic) bond motifs is 1. The molecule has 1 aliphatic heterocycles. The van der Waals surface area contributed by atoms with Crippen molar-refractivity contribution in [3.05, 3.63) is 34.3 Å². The number of anilines is 1. The van der Waals surface area contributed by atoms with E-state index in [0.29, 0.717) is 19.0 Å². The molecule has 5 heteroatoms. The highest BCUT2D eigenvalue weighted by atomic mass is 79.9. The van der Waals surface area contributed by atoms with Gasteiger partial charge in [0, 0.05) is 9.86 Å². The van der Waals surface area contributed by atoms with E-state index in [0.717, 1.165) is 27.4 Å².